The third kappa shape index (κ3) is 2.33. The second kappa shape index (κ2) is 4.93. The highest BCUT2D eigenvalue weighted by Gasteiger charge is 2.18. The van der Waals surface area contributed by atoms with Gasteiger partial charge in [0.2, 0.25) is 5.82 Å². The Hall–Kier alpha value is -2.83. The van der Waals surface area contributed by atoms with E-state index >= 15 is 0 Å². The topological polar surface area (TPSA) is 77.8 Å². The first-order chi connectivity index (χ1) is 10.1. The molecule has 0 saturated carbocycles. The SMILES string of the molecule is Cc1cccnc1-c1noc(-c2cc(N)c(F)cc2F)n1. The van der Waals surface area contributed by atoms with E-state index in [1.165, 1.54) is 0 Å². The first-order valence-corrected chi connectivity index (χ1v) is 6.07. The molecule has 0 fully saturated rings. The lowest BCUT2D eigenvalue weighted by Gasteiger charge is -2.00. The van der Waals surface area contributed by atoms with Crippen molar-refractivity contribution in [2.45, 2.75) is 6.92 Å². The van der Waals surface area contributed by atoms with Crippen molar-refractivity contribution in [1.29, 1.82) is 0 Å². The van der Waals surface area contributed by atoms with Crippen molar-refractivity contribution in [3.8, 4) is 23.0 Å². The average Bonchev–Trinajstić information content (AvgIpc) is 2.92. The van der Waals surface area contributed by atoms with Crippen molar-refractivity contribution in [1.82, 2.24) is 15.1 Å². The predicted octanol–water partition coefficient (Wildman–Crippen LogP) is 2.97. The molecule has 2 N–H and O–H groups in total. The van der Waals surface area contributed by atoms with E-state index in [9.17, 15) is 8.78 Å². The summed E-state index contributed by atoms with van der Waals surface area (Å²) in [7, 11) is 0. The number of halogens is 2. The average molecular weight is 288 g/mol. The zero-order valence-electron chi connectivity index (χ0n) is 11.0. The largest absolute Gasteiger partial charge is 0.396 e. The molecule has 0 atom stereocenters. The van der Waals surface area contributed by atoms with Gasteiger partial charge in [-0.1, -0.05) is 11.2 Å². The van der Waals surface area contributed by atoms with Crippen molar-refractivity contribution in [2.24, 2.45) is 0 Å². The van der Waals surface area contributed by atoms with E-state index in [4.69, 9.17) is 10.3 Å². The highest BCUT2D eigenvalue weighted by atomic mass is 19.1. The van der Waals surface area contributed by atoms with Crippen molar-refractivity contribution >= 4 is 5.69 Å². The maximum absolute atomic E-state index is 13.8. The molecule has 0 aliphatic heterocycles. The summed E-state index contributed by atoms with van der Waals surface area (Å²) in [5, 5.41) is 3.77. The normalized spacial score (nSPS) is 10.8. The van der Waals surface area contributed by atoms with Gasteiger partial charge < -0.3 is 10.3 Å². The van der Waals surface area contributed by atoms with Gasteiger partial charge in [0, 0.05) is 12.3 Å². The van der Waals surface area contributed by atoms with E-state index in [0.29, 0.717) is 11.8 Å². The molecule has 0 aliphatic carbocycles. The molecular weight excluding hydrogens is 278 g/mol. The van der Waals surface area contributed by atoms with Crippen LogP contribution in [0.25, 0.3) is 23.0 Å². The van der Waals surface area contributed by atoms with Gasteiger partial charge in [0.1, 0.15) is 17.3 Å². The number of rotatable bonds is 2. The number of nitrogens with zero attached hydrogens (tertiary/aromatic N) is 3. The van der Waals surface area contributed by atoms with Crippen LogP contribution in [0.15, 0.2) is 35.0 Å². The summed E-state index contributed by atoms with van der Waals surface area (Å²) in [6.45, 7) is 1.84. The van der Waals surface area contributed by atoms with Gasteiger partial charge in [-0.15, -0.1) is 0 Å². The zero-order valence-corrected chi connectivity index (χ0v) is 11.0. The van der Waals surface area contributed by atoms with Gasteiger partial charge in [-0.05, 0) is 24.6 Å². The van der Waals surface area contributed by atoms with Crippen LogP contribution in [0.5, 0.6) is 0 Å². The molecule has 0 saturated heterocycles. The minimum atomic E-state index is -0.837. The summed E-state index contributed by atoms with van der Waals surface area (Å²) in [4.78, 5) is 8.23. The van der Waals surface area contributed by atoms with Crippen LogP contribution >= 0.6 is 0 Å². The number of aromatic nitrogens is 3. The number of hydrogen-bond acceptors (Lipinski definition) is 5. The fourth-order valence-corrected chi connectivity index (χ4v) is 1.88. The summed E-state index contributed by atoms with van der Waals surface area (Å²) < 4.78 is 31.9. The molecular formula is C14H10F2N4O. The van der Waals surface area contributed by atoms with Crippen LogP contribution in [0, 0.1) is 18.6 Å². The molecule has 0 bridgehead atoms. The predicted molar refractivity (Wildman–Crippen MR) is 72.0 cm³/mol. The van der Waals surface area contributed by atoms with Crippen LogP contribution in [-0.4, -0.2) is 15.1 Å². The minimum Gasteiger partial charge on any atom is -0.396 e. The number of benzene rings is 1. The Bertz CT molecular complexity index is 816. The monoisotopic (exact) mass is 288 g/mol. The standard InChI is InChI=1S/C14H10F2N4O/c1-7-3-2-4-18-12(7)13-19-14(21-20-13)8-5-11(17)10(16)6-9(8)15/h2-6H,17H2,1H3. The molecule has 5 nitrogen and oxygen atoms in total. The van der Waals surface area contributed by atoms with Crippen LogP contribution in [0.2, 0.25) is 0 Å². The van der Waals surface area contributed by atoms with Crippen LogP contribution in [-0.2, 0) is 0 Å². The summed E-state index contributed by atoms with van der Waals surface area (Å²) >= 11 is 0. The Morgan fingerprint density at radius 1 is 1.19 bits per heavy atom. The fourth-order valence-electron chi connectivity index (χ4n) is 1.88. The molecule has 0 unspecified atom stereocenters. The Morgan fingerprint density at radius 2 is 2.00 bits per heavy atom. The third-order valence-corrected chi connectivity index (χ3v) is 2.96. The van der Waals surface area contributed by atoms with Gasteiger partial charge >= 0.3 is 0 Å². The highest BCUT2D eigenvalue weighted by Crippen LogP contribution is 2.27. The summed E-state index contributed by atoms with van der Waals surface area (Å²) in [5.41, 5.74) is 6.56. The Kier molecular flexibility index (Phi) is 3.09. The molecule has 1 aromatic carbocycles. The van der Waals surface area contributed by atoms with Gasteiger partial charge in [0.05, 0.1) is 11.3 Å². The summed E-state index contributed by atoms with van der Waals surface area (Å²) in [6.07, 6.45) is 1.59. The number of anilines is 1. The molecule has 0 amide bonds. The smallest absolute Gasteiger partial charge is 0.261 e. The van der Waals surface area contributed by atoms with Gasteiger partial charge in [-0.25, -0.2) is 8.78 Å². The van der Waals surface area contributed by atoms with Crippen LogP contribution in [0.4, 0.5) is 14.5 Å². The highest BCUT2D eigenvalue weighted by molar-refractivity contribution is 5.63. The van der Waals surface area contributed by atoms with Gasteiger partial charge in [-0.2, -0.15) is 4.98 Å². The van der Waals surface area contributed by atoms with Crippen LogP contribution in [0.1, 0.15) is 5.56 Å². The van der Waals surface area contributed by atoms with Crippen LogP contribution < -0.4 is 5.73 Å². The van der Waals surface area contributed by atoms with Crippen molar-refractivity contribution in [3.05, 3.63) is 47.7 Å². The molecule has 0 spiro atoms. The van der Waals surface area contributed by atoms with E-state index in [-0.39, 0.29) is 23.0 Å². The van der Waals surface area contributed by atoms with Crippen molar-refractivity contribution in [2.75, 3.05) is 5.73 Å². The van der Waals surface area contributed by atoms with E-state index in [1.54, 1.807) is 12.3 Å². The maximum atomic E-state index is 13.8. The van der Waals surface area contributed by atoms with Gasteiger partial charge in [0.15, 0.2) is 0 Å². The Morgan fingerprint density at radius 3 is 2.76 bits per heavy atom. The number of aryl methyl sites for hydroxylation is 1. The molecule has 2 heterocycles. The maximum Gasteiger partial charge on any atom is 0.261 e. The van der Waals surface area contributed by atoms with E-state index in [1.807, 2.05) is 13.0 Å². The van der Waals surface area contributed by atoms with Gasteiger partial charge in [-0.3, -0.25) is 4.98 Å². The van der Waals surface area contributed by atoms with E-state index in [0.717, 1.165) is 11.6 Å². The first kappa shape index (κ1) is 13.2. The number of nitrogen functional groups attached to an aromatic ring is 1. The van der Waals surface area contributed by atoms with E-state index < -0.39 is 11.6 Å². The Balaban J connectivity index is 2.07. The summed E-state index contributed by atoms with van der Waals surface area (Å²) in [6, 6.07) is 5.42. The molecule has 3 rings (SSSR count). The van der Waals surface area contributed by atoms with Crippen LogP contribution in [0.3, 0.4) is 0 Å². The second-order valence-electron chi connectivity index (χ2n) is 4.45. The number of hydrogen-bond donors (Lipinski definition) is 1. The third-order valence-electron chi connectivity index (χ3n) is 2.96. The van der Waals surface area contributed by atoms with Crippen molar-refractivity contribution in [3.63, 3.8) is 0 Å². The molecule has 21 heavy (non-hydrogen) atoms. The first-order valence-electron chi connectivity index (χ1n) is 6.07. The lowest BCUT2D eigenvalue weighted by atomic mass is 10.1. The minimum absolute atomic E-state index is 0.0544. The molecule has 106 valence electrons. The lowest BCUT2D eigenvalue weighted by Crippen LogP contribution is -1.95. The number of pyridine rings is 1. The quantitative estimate of drug-likeness (QED) is 0.733. The summed E-state index contributed by atoms with van der Waals surface area (Å²) in [5.74, 6) is -1.52. The molecule has 2 aromatic heterocycles. The van der Waals surface area contributed by atoms with E-state index in [2.05, 4.69) is 15.1 Å². The zero-order chi connectivity index (χ0) is 15.0. The Labute approximate surface area is 118 Å². The molecule has 0 aliphatic rings. The number of nitrogens with two attached hydrogens (primary N) is 1. The molecule has 0 radical (unpaired) electrons. The molecule has 3 aromatic rings. The van der Waals surface area contributed by atoms with Crippen molar-refractivity contribution < 1.29 is 13.3 Å². The lowest BCUT2D eigenvalue weighted by molar-refractivity contribution is 0.429. The fraction of sp³-hybridized carbons (Fsp3) is 0.0714. The van der Waals surface area contributed by atoms with Gasteiger partial charge in [0.25, 0.3) is 5.89 Å². The molecule has 7 heteroatoms. The second-order valence-corrected chi connectivity index (χ2v) is 4.45.